The summed E-state index contributed by atoms with van der Waals surface area (Å²) in [6, 6.07) is 9.35. The maximum Gasteiger partial charge on any atom is 0.231 e. The highest BCUT2D eigenvalue weighted by atomic mass is 32.2. The average molecular weight is 349 g/mol. The Labute approximate surface area is 139 Å². The van der Waals surface area contributed by atoms with Crippen molar-refractivity contribution in [2.24, 2.45) is 0 Å². The molecule has 2 aromatic carbocycles. The zero-order chi connectivity index (χ0) is 16.7. The lowest BCUT2D eigenvalue weighted by molar-refractivity contribution is 0.174. The standard InChI is InChI=1S/C17H16FNO4S/c18-15-3-1-12(2-4-15)10-24(20,21)19-6-5-13-7-16-17(23-11-22-16)8-14(13)9-19/h1-4,7-8H,5-6,9-11H2. The molecular weight excluding hydrogens is 333 g/mol. The van der Waals surface area contributed by atoms with Gasteiger partial charge in [-0.3, -0.25) is 0 Å². The molecule has 24 heavy (non-hydrogen) atoms. The molecule has 7 heteroatoms. The Balaban J connectivity index is 1.56. The molecule has 2 aliphatic rings. The van der Waals surface area contributed by atoms with E-state index in [1.165, 1.54) is 28.6 Å². The van der Waals surface area contributed by atoms with E-state index in [2.05, 4.69) is 0 Å². The van der Waals surface area contributed by atoms with E-state index in [9.17, 15) is 12.8 Å². The molecule has 2 aliphatic heterocycles. The van der Waals surface area contributed by atoms with Crippen molar-refractivity contribution in [3.8, 4) is 11.5 Å². The van der Waals surface area contributed by atoms with E-state index >= 15 is 0 Å². The van der Waals surface area contributed by atoms with Gasteiger partial charge in [-0.05, 0) is 47.4 Å². The summed E-state index contributed by atoms with van der Waals surface area (Å²) in [7, 11) is -3.47. The number of ether oxygens (including phenoxy) is 2. The van der Waals surface area contributed by atoms with E-state index < -0.39 is 10.0 Å². The van der Waals surface area contributed by atoms with Crippen molar-refractivity contribution in [3.05, 3.63) is 58.9 Å². The summed E-state index contributed by atoms with van der Waals surface area (Å²) in [5.74, 6) is 0.870. The van der Waals surface area contributed by atoms with Crippen molar-refractivity contribution >= 4 is 10.0 Å². The second kappa shape index (κ2) is 5.75. The predicted octanol–water partition coefficient (Wildman–Crippen LogP) is 2.44. The van der Waals surface area contributed by atoms with Crippen molar-refractivity contribution in [1.82, 2.24) is 4.31 Å². The summed E-state index contributed by atoms with van der Waals surface area (Å²) in [5, 5.41) is 0. The molecule has 0 radical (unpaired) electrons. The summed E-state index contributed by atoms with van der Waals surface area (Å²) in [5.41, 5.74) is 2.61. The van der Waals surface area contributed by atoms with Gasteiger partial charge in [0.05, 0.1) is 5.75 Å². The summed E-state index contributed by atoms with van der Waals surface area (Å²) >= 11 is 0. The van der Waals surface area contributed by atoms with Crippen molar-refractivity contribution in [3.63, 3.8) is 0 Å². The molecule has 0 aliphatic carbocycles. The van der Waals surface area contributed by atoms with Crippen LogP contribution in [0.2, 0.25) is 0 Å². The highest BCUT2D eigenvalue weighted by Crippen LogP contribution is 2.37. The minimum absolute atomic E-state index is 0.132. The molecule has 2 aromatic rings. The maximum absolute atomic E-state index is 13.0. The van der Waals surface area contributed by atoms with Crippen LogP contribution in [0.5, 0.6) is 11.5 Å². The van der Waals surface area contributed by atoms with Gasteiger partial charge in [0, 0.05) is 13.1 Å². The van der Waals surface area contributed by atoms with Gasteiger partial charge in [-0.1, -0.05) is 12.1 Å². The van der Waals surface area contributed by atoms with Crippen LogP contribution in [0.15, 0.2) is 36.4 Å². The molecule has 0 saturated carbocycles. The van der Waals surface area contributed by atoms with Gasteiger partial charge in [-0.2, -0.15) is 4.31 Å². The molecule has 0 unspecified atom stereocenters. The van der Waals surface area contributed by atoms with Crippen LogP contribution in [0.3, 0.4) is 0 Å². The fourth-order valence-electron chi connectivity index (χ4n) is 3.04. The number of hydrogen-bond donors (Lipinski definition) is 0. The molecule has 2 heterocycles. The van der Waals surface area contributed by atoms with Crippen molar-refractivity contribution in [2.75, 3.05) is 13.3 Å². The predicted molar refractivity (Wildman–Crippen MR) is 85.7 cm³/mol. The summed E-state index contributed by atoms with van der Waals surface area (Å²) in [6.45, 7) is 0.941. The van der Waals surface area contributed by atoms with Crippen LogP contribution in [-0.2, 0) is 28.7 Å². The third kappa shape index (κ3) is 2.85. The number of halogens is 1. The molecule has 0 bridgehead atoms. The first-order valence-electron chi connectivity index (χ1n) is 7.65. The van der Waals surface area contributed by atoms with Crippen molar-refractivity contribution < 1.29 is 22.3 Å². The van der Waals surface area contributed by atoms with Gasteiger partial charge < -0.3 is 9.47 Å². The quantitative estimate of drug-likeness (QED) is 0.854. The van der Waals surface area contributed by atoms with Gasteiger partial charge in [0.2, 0.25) is 16.8 Å². The number of nitrogens with zero attached hydrogens (tertiary/aromatic N) is 1. The first-order chi connectivity index (χ1) is 11.5. The maximum atomic E-state index is 13.0. The fourth-order valence-corrected chi connectivity index (χ4v) is 4.54. The molecule has 0 spiro atoms. The lowest BCUT2D eigenvalue weighted by Gasteiger charge is -2.28. The largest absolute Gasteiger partial charge is 0.454 e. The Morgan fingerprint density at radius 1 is 1.04 bits per heavy atom. The number of hydrogen-bond acceptors (Lipinski definition) is 4. The van der Waals surface area contributed by atoms with Crippen LogP contribution in [0, 0.1) is 5.82 Å². The monoisotopic (exact) mass is 349 g/mol. The van der Waals surface area contributed by atoms with E-state index in [1.807, 2.05) is 12.1 Å². The smallest absolute Gasteiger partial charge is 0.231 e. The minimum atomic E-state index is -3.47. The molecule has 0 aromatic heterocycles. The summed E-state index contributed by atoms with van der Waals surface area (Å²) < 4.78 is 50.5. The van der Waals surface area contributed by atoms with Crippen LogP contribution in [-0.4, -0.2) is 26.1 Å². The molecule has 0 fully saturated rings. The van der Waals surface area contributed by atoms with Crippen molar-refractivity contribution in [1.29, 1.82) is 0 Å². The van der Waals surface area contributed by atoms with Gasteiger partial charge in [-0.25, -0.2) is 12.8 Å². The molecular formula is C17H16FNO4S. The number of sulfonamides is 1. The van der Waals surface area contributed by atoms with Crippen molar-refractivity contribution in [2.45, 2.75) is 18.7 Å². The molecule has 0 atom stereocenters. The van der Waals surface area contributed by atoms with Gasteiger partial charge >= 0.3 is 0 Å². The molecule has 0 N–H and O–H groups in total. The average Bonchev–Trinajstić information content (AvgIpc) is 3.01. The lowest BCUT2D eigenvalue weighted by Crippen LogP contribution is -2.36. The first-order valence-corrected chi connectivity index (χ1v) is 9.26. The summed E-state index contributed by atoms with van der Waals surface area (Å²) in [4.78, 5) is 0. The van der Waals surface area contributed by atoms with Crippen LogP contribution < -0.4 is 9.47 Å². The van der Waals surface area contributed by atoms with Gasteiger partial charge in [-0.15, -0.1) is 0 Å². The number of fused-ring (bicyclic) bond motifs is 2. The normalized spacial score (nSPS) is 16.9. The van der Waals surface area contributed by atoms with E-state index in [-0.39, 0.29) is 18.4 Å². The SMILES string of the molecule is O=S(=O)(Cc1ccc(F)cc1)N1CCc2cc3c(cc2C1)OCO3. The first kappa shape index (κ1) is 15.4. The zero-order valence-electron chi connectivity index (χ0n) is 12.9. The summed E-state index contributed by atoms with van der Waals surface area (Å²) in [6.07, 6.45) is 0.634. The molecule has 0 saturated heterocycles. The van der Waals surface area contributed by atoms with E-state index in [0.717, 1.165) is 16.9 Å². The molecule has 0 amide bonds. The second-order valence-electron chi connectivity index (χ2n) is 5.94. The van der Waals surface area contributed by atoms with E-state index in [4.69, 9.17) is 9.47 Å². The minimum Gasteiger partial charge on any atom is -0.454 e. The molecule has 5 nitrogen and oxygen atoms in total. The van der Waals surface area contributed by atoms with Crippen LogP contribution in [0.4, 0.5) is 4.39 Å². The van der Waals surface area contributed by atoms with Crippen LogP contribution in [0.25, 0.3) is 0 Å². The number of benzene rings is 2. The Morgan fingerprint density at radius 2 is 1.71 bits per heavy atom. The topological polar surface area (TPSA) is 55.8 Å². The zero-order valence-corrected chi connectivity index (χ0v) is 13.7. The van der Waals surface area contributed by atoms with E-state index in [0.29, 0.717) is 30.8 Å². The number of rotatable bonds is 3. The second-order valence-corrected chi connectivity index (χ2v) is 7.91. The van der Waals surface area contributed by atoms with Gasteiger partial charge in [0.1, 0.15) is 5.82 Å². The van der Waals surface area contributed by atoms with E-state index in [1.54, 1.807) is 0 Å². The van der Waals surface area contributed by atoms with Crippen LogP contribution >= 0.6 is 0 Å². The highest BCUT2D eigenvalue weighted by Gasteiger charge is 2.29. The lowest BCUT2D eigenvalue weighted by atomic mass is 10.0. The van der Waals surface area contributed by atoms with Gasteiger partial charge in [0.25, 0.3) is 0 Å². The third-order valence-corrected chi connectivity index (χ3v) is 6.12. The Morgan fingerprint density at radius 3 is 2.42 bits per heavy atom. The Bertz CT molecular complexity index is 880. The Hall–Kier alpha value is -2.12. The van der Waals surface area contributed by atoms with Crippen LogP contribution in [0.1, 0.15) is 16.7 Å². The molecule has 4 rings (SSSR count). The fraction of sp³-hybridized carbons (Fsp3) is 0.294. The molecule has 126 valence electrons. The third-order valence-electron chi connectivity index (χ3n) is 4.33. The highest BCUT2D eigenvalue weighted by molar-refractivity contribution is 7.88. The Kier molecular flexibility index (Phi) is 3.69. The van der Waals surface area contributed by atoms with Gasteiger partial charge in [0.15, 0.2) is 11.5 Å².